The Kier molecular flexibility index (Phi) is 6.18. The predicted molar refractivity (Wildman–Crippen MR) is 105 cm³/mol. The molecule has 0 saturated heterocycles. The molecule has 0 radical (unpaired) electrons. The summed E-state index contributed by atoms with van der Waals surface area (Å²) in [5.41, 5.74) is 1.52. The highest BCUT2D eigenvalue weighted by Crippen LogP contribution is 2.33. The lowest BCUT2D eigenvalue weighted by molar-refractivity contribution is -0.123. The number of nitrogens with zero attached hydrogens (tertiary/aromatic N) is 1. The van der Waals surface area contributed by atoms with Crippen molar-refractivity contribution in [2.75, 3.05) is 4.90 Å². The maximum atomic E-state index is 13.2. The van der Waals surface area contributed by atoms with Crippen molar-refractivity contribution in [3.05, 3.63) is 63.7 Å². The SMILES string of the molecule is O=C(C1CCCCC1)N(Cc1ccccc1)c1ccccc1I(=O)=O. The van der Waals surface area contributed by atoms with Gasteiger partial charge in [-0.1, -0.05) is 61.7 Å². The first-order chi connectivity index (χ1) is 12.2. The highest BCUT2D eigenvalue weighted by atomic mass is 127. The van der Waals surface area contributed by atoms with Crippen LogP contribution in [0.4, 0.5) is 5.69 Å². The van der Waals surface area contributed by atoms with E-state index in [2.05, 4.69) is 0 Å². The first-order valence-corrected chi connectivity index (χ1v) is 11.5. The van der Waals surface area contributed by atoms with Gasteiger partial charge in [0.2, 0.25) is 5.91 Å². The number of carbonyl (C=O) groups excluding carboxylic acids is 1. The minimum atomic E-state index is -3.69. The third-order valence-electron chi connectivity index (χ3n) is 4.71. The quantitative estimate of drug-likeness (QED) is 0.590. The fourth-order valence-electron chi connectivity index (χ4n) is 3.42. The molecular weight excluding hydrogens is 429 g/mol. The molecule has 0 aromatic heterocycles. The largest absolute Gasteiger partial charge is 0.342 e. The first kappa shape index (κ1) is 18.0. The van der Waals surface area contributed by atoms with Crippen molar-refractivity contribution in [3.63, 3.8) is 0 Å². The molecule has 5 heteroatoms. The first-order valence-electron chi connectivity index (χ1n) is 8.66. The summed E-state index contributed by atoms with van der Waals surface area (Å²) in [7, 11) is 0. The van der Waals surface area contributed by atoms with E-state index in [9.17, 15) is 10.9 Å². The second-order valence-corrected chi connectivity index (χ2v) is 8.82. The van der Waals surface area contributed by atoms with E-state index in [4.69, 9.17) is 0 Å². The van der Waals surface area contributed by atoms with Crippen molar-refractivity contribution >= 4 is 31.4 Å². The molecule has 25 heavy (non-hydrogen) atoms. The van der Waals surface area contributed by atoms with Crippen LogP contribution in [0.3, 0.4) is 0 Å². The monoisotopic (exact) mass is 451 g/mol. The smallest absolute Gasteiger partial charge is 0.307 e. The minimum Gasteiger partial charge on any atom is -0.307 e. The number of hydrogen-bond acceptors (Lipinski definition) is 3. The van der Waals surface area contributed by atoms with Crippen LogP contribution in [0, 0.1) is 9.49 Å². The van der Waals surface area contributed by atoms with Crippen LogP contribution < -0.4 is 4.90 Å². The lowest BCUT2D eigenvalue weighted by Crippen LogP contribution is -2.37. The van der Waals surface area contributed by atoms with Crippen molar-refractivity contribution in [2.24, 2.45) is 5.92 Å². The van der Waals surface area contributed by atoms with Gasteiger partial charge in [-0.15, -0.1) is 0 Å². The summed E-state index contributed by atoms with van der Waals surface area (Å²) in [4.78, 5) is 14.9. The number of anilines is 1. The van der Waals surface area contributed by atoms with E-state index in [-0.39, 0.29) is 11.8 Å². The van der Waals surface area contributed by atoms with Crippen LogP contribution in [0.1, 0.15) is 37.7 Å². The van der Waals surface area contributed by atoms with Gasteiger partial charge in [-0.3, -0.25) is 4.79 Å². The lowest BCUT2D eigenvalue weighted by Gasteiger charge is -2.30. The zero-order chi connectivity index (χ0) is 17.6. The molecule has 0 bridgehead atoms. The molecule has 0 heterocycles. The zero-order valence-electron chi connectivity index (χ0n) is 14.1. The molecule has 3 rings (SSSR count). The van der Waals surface area contributed by atoms with Crippen molar-refractivity contribution in [1.82, 2.24) is 0 Å². The van der Waals surface area contributed by atoms with E-state index >= 15 is 0 Å². The zero-order valence-corrected chi connectivity index (χ0v) is 16.2. The number of halogens is 1. The van der Waals surface area contributed by atoms with Crippen molar-refractivity contribution in [1.29, 1.82) is 0 Å². The topological polar surface area (TPSA) is 54.5 Å². The summed E-state index contributed by atoms with van der Waals surface area (Å²) in [6, 6.07) is 16.6. The molecule has 0 aliphatic heterocycles. The molecule has 132 valence electrons. The van der Waals surface area contributed by atoms with E-state index in [1.165, 1.54) is 6.42 Å². The van der Waals surface area contributed by atoms with E-state index in [1.807, 2.05) is 30.3 Å². The summed E-state index contributed by atoms with van der Waals surface area (Å²) in [5, 5.41) is 0. The molecule has 0 spiro atoms. The molecule has 0 atom stereocenters. The molecular formula is C20H22INO3. The predicted octanol–water partition coefficient (Wildman–Crippen LogP) is 5.17. The minimum absolute atomic E-state index is 0.00827. The van der Waals surface area contributed by atoms with Crippen LogP contribution in [-0.2, 0) is 17.5 Å². The van der Waals surface area contributed by atoms with E-state index in [0.29, 0.717) is 15.8 Å². The Labute approximate surface area is 155 Å². The van der Waals surface area contributed by atoms with Crippen LogP contribution in [-0.4, -0.2) is 5.91 Å². The average Bonchev–Trinajstić information content (AvgIpc) is 2.67. The fourth-order valence-corrected chi connectivity index (χ4v) is 4.84. The highest BCUT2D eigenvalue weighted by molar-refractivity contribution is 14.2. The van der Waals surface area contributed by atoms with Crippen LogP contribution in [0.5, 0.6) is 0 Å². The molecule has 1 saturated carbocycles. The van der Waals surface area contributed by atoms with Gasteiger partial charge in [0.05, 0.1) is 12.2 Å². The normalized spacial score (nSPS) is 15.2. The van der Waals surface area contributed by atoms with Gasteiger partial charge < -0.3 is 4.90 Å². The van der Waals surface area contributed by atoms with Crippen LogP contribution in [0.25, 0.3) is 0 Å². The number of amides is 1. The van der Waals surface area contributed by atoms with Crippen molar-refractivity contribution in [2.45, 2.75) is 38.6 Å². The van der Waals surface area contributed by atoms with Gasteiger partial charge >= 0.3 is 19.8 Å². The summed E-state index contributed by atoms with van der Waals surface area (Å²) in [6.45, 7) is 0.400. The Hall–Kier alpha value is -1.76. The lowest BCUT2D eigenvalue weighted by atomic mass is 9.88. The average molecular weight is 451 g/mol. The van der Waals surface area contributed by atoms with Crippen LogP contribution >= 0.6 is 19.8 Å². The number of benzene rings is 2. The maximum Gasteiger partial charge on any atom is 0.342 e. The fraction of sp³-hybridized carbons (Fsp3) is 0.350. The van der Waals surface area contributed by atoms with E-state index < -0.39 is 19.8 Å². The van der Waals surface area contributed by atoms with Gasteiger partial charge in [0, 0.05) is 5.92 Å². The Bertz CT molecular complexity index is 788. The molecule has 4 nitrogen and oxygen atoms in total. The van der Waals surface area contributed by atoms with Crippen molar-refractivity contribution < 1.29 is 10.9 Å². The molecule has 1 aliphatic carbocycles. The molecule has 1 amide bonds. The number of para-hydroxylation sites is 1. The number of hydrogen-bond donors (Lipinski definition) is 0. The molecule has 2 aromatic rings. The maximum absolute atomic E-state index is 13.2. The van der Waals surface area contributed by atoms with Crippen LogP contribution in [0.15, 0.2) is 54.6 Å². The van der Waals surface area contributed by atoms with Gasteiger partial charge in [0.1, 0.15) is 3.57 Å². The highest BCUT2D eigenvalue weighted by Gasteiger charge is 2.28. The van der Waals surface area contributed by atoms with Gasteiger partial charge in [0.25, 0.3) is 0 Å². The van der Waals surface area contributed by atoms with Gasteiger partial charge in [-0.2, -0.15) is 0 Å². The molecule has 2 aromatic carbocycles. The third kappa shape index (κ3) is 4.45. The summed E-state index contributed by atoms with van der Waals surface area (Å²) >= 11 is -3.69. The van der Waals surface area contributed by atoms with Crippen molar-refractivity contribution in [3.8, 4) is 0 Å². The Morgan fingerprint density at radius 3 is 2.24 bits per heavy atom. The molecule has 0 N–H and O–H groups in total. The van der Waals surface area contributed by atoms with Gasteiger partial charge in [-0.25, -0.2) is 6.14 Å². The summed E-state index contributed by atoms with van der Waals surface area (Å²) in [5.74, 6) is 0.0415. The Morgan fingerprint density at radius 1 is 0.920 bits per heavy atom. The molecule has 1 aliphatic rings. The second-order valence-electron chi connectivity index (χ2n) is 6.41. The summed E-state index contributed by atoms with van der Waals surface area (Å²) in [6.07, 6.45) is 5.10. The van der Waals surface area contributed by atoms with E-state index in [1.54, 1.807) is 29.2 Å². The number of rotatable bonds is 5. The molecule has 1 fully saturated rings. The van der Waals surface area contributed by atoms with Gasteiger partial charge in [0.15, 0.2) is 0 Å². The van der Waals surface area contributed by atoms with E-state index in [0.717, 1.165) is 31.2 Å². The summed E-state index contributed by atoms with van der Waals surface area (Å²) < 4.78 is 23.8. The Balaban J connectivity index is 1.98. The standard InChI is InChI=1S/C20H22INO3/c23-20(17-11-5-2-6-12-17)22(15-16-9-3-1-4-10-16)19-14-8-7-13-18(19)21(24)25/h1,3-4,7-10,13-14,17H,2,5-6,11-12,15H2. The molecule has 0 unspecified atom stereocenters. The van der Waals surface area contributed by atoms with Crippen LogP contribution in [0.2, 0.25) is 0 Å². The third-order valence-corrected chi connectivity index (χ3v) is 6.57. The number of carbonyl (C=O) groups is 1. The second kappa shape index (κ2) is 8.56. The Morgan fingerprint density at radius 2 is 1.56 bits per heavy atom. The van der Waals surface area contributed by atoms with Gasteiger partial charge in [-0.05, 0) is 30.5 Å².